The third-order valence-corrected chi connectivity index (χ3v) is 2.23. The minimum Gasteiger partial charge on any atom is -0.324 e. The van der Waals surface area contributed by atoms with Crippen molar-refractivity contribution in [1.29, 1.82) is 0 Å². The Kier molecular flexibility index (Phi) is 3.47. The summed E-state index contributed by atoms with van der Waals surface area (Å²) >= 11 is 2.16. The third kappa shape index (κ3) is 3.25. The lowest BCUT2D eigenvalue weighted by atomic mass is 9.96. The molecule has 0 saturated carbocycles. The topological polar surface area (TPSA) is 42.0 Å². The average Bonchev–Trinajstić information content (AvgIpc) is 2.02. The number of pyridine rings is 1. The molecule has 0 aliphatic rings. The van der Waals surface area contributed by atoms with E-state index in [4.69, 9.17) is 0 Å². The van der Waals surface area contributed by atoms with Crippen molar-refractivity contribution in [3.8, 4) is 0 Å². The van der Waals surface area contributed by atoms with Crippen LogP contribution in [0, 0.1) is 8.99 Å². The SMILES string of the molecule is CC(C)(C)C(=O)Nc1cncc(I)c1. The van der Waals surface area contributed by atoms with Crippen LogP contribution in [0.3, 0.4) is 0 Å². The first-order chi connectivity index (χ1) is 6.39. The van der Waals surface area contributed by atoms with Crippen molar-refractivity contribution >= 4 is 34.2 Å². The van der Waals surface area contributed by atoms with Crippen LogP contribution in [-0.4, -0.2) is 10.9 Å². The lowest BCUT2D eigenvalue weighted by molar-refractivity contribution is -0.123. The van der Waals surface area contributed by atoms with Gasteiger partial charge in [0.2, 0.25) is 5.91 Å². The van der Waals surface area contributed by atoms with Gasteiger partial charge in [0.05, 0.1) is 11.9 Å². The second-order valence-corrected chi connectivity index (χ2v) is 5.34. The van der Waals surface area contributed by atoms with Crippen molar-refractivity contribution in [3.05, 3.63) is 22.0 Å². The fourth-order valence-electron chi connectivity index (χ4n) is 0.799. The maximum atomic E-state index is 11.6. The van der Waals surface area contributed by atoms with E-state index in [2.05, 4.69) is 32.9 Å². The Bertz CT molecular complexity index is 344. The summed E-state index contributed by atoms with van der Waals surface area (Å²) in [6.45, 7) is 5.64. The monoisotopic (exact) mass is 304 g/mol. The molecule has 0 fully saturated rings. The molecule has 1 aromatic rings. The average molecular weight is 304 g/mol. The Labute approximate surface area is 97.4 Å². The molecular formula is C10H13IN2O. The highest BCUT2D eigenvalue weighted by atomic mass is 127. The van der Waals surface area contributed by atoms with Gasteiger partial charge in [-0.1, -0.05) is 20.8 Å². The summed E-state index contributed by atoms with van der Waals surface area (Å²) in [4.78, 5) is 15.6. The van der Waals surface area contributed by atoms with Gasteiger partial charge in [-0.05, 0) is 28.7 Å². The molecule has 1 rings (SSSR count). The number of anilines is 1. The van der Waals surface area contributed by atoms with Crippen molar-refractivity contribution in [3.63, 3.8) is 0 Å². The summed E-state index contributed by atoms with van der Waals surface area (Å²) in [5, 5.41) is 2.82. The van der Waals surface area contributed by atoms with Crippen LogP contribution in [0.5, 0.6) is 0 Å². The number of nitrogens with one attached hydrogen (secondary N) is 1. The van der Waals surface area contributed by atoms with Gasteiger partial charge in [0.15, 0.2) is 0 Å². The first-order valence-corrected chi connectivity index (χ1v) is 5.39. The molecular weight excluding hydrogens is 291 g/mol. The molecule has 1 heterocycles. The van der Waals surface area contributed by atoms with E-state index in [0.29, 0.717) is 0 Å². The van der Waals surface area contributed by atoms with E-state index in [0.717, 1.165) is 9.26 Å². The number of hydrogen-bond donors (Lipinski definition) is 1. The quantitative estimate of drug-likeness (QED) is 0.811. The highest BCUT2D eigenvalue weighted by molar-refractivity contribution is 14.1. The van der Waals surface area contributed by atoms with E-state index in [9.17, 15) is 4.79 Å². The number of carbonyl (C=O) groups is 1. The molecule has 0 saturated heterocycles. The second-order valence-electron chi connectivity index (χ2n) is 4.10. The van der Waals surface area contributed by atoms with Crippen LogP contribution in [-0.2, 0) is 4.79 Å². The number of halogens is 1. The van der Waals surface area contributed by atoms with E-state index in [1.165, 1.54) is 0 Å². The maximum absolute atomic E-state index is 11.6. The summed E-state index contributed by atoms with van der Waals surface area (Å²) in [5.41, 5.74) is 0.373. The summed E-state index contributed by atoms with van der Waals surface area (Å²) in [7, 11) is 0. The number of nitrogens with zero attached hydrogens (tertiary/aromatic N) is 1. The molecule has 0 aliphatic carbocycles. The predicted octanol–water partition coefficient (Wildman–Crippen LogP) is 2.67. The summed E-state index contributed by atoms with van der Waals surface area (Å²) in [6.07, 6.45) is 3.39. The van der Waals surface area contributed by atoms with Gasteiger partial charge in [-0.15, -0.1) is 0 Å². The van der Waals surface area contributed by atoms with E-state index >= 15 is 0 Å². The molecule has 1 aromatic heterocycles. The van der Waals surface area contributed by atoms with Crippen molar-refractivity contribution in [2.75, 3.05) is 5.32 Å². The van der Waals surface area contributed by atoms with E-state index < -0.39 is 0 Å². The Balaban J connectivity index is 2.75. The third-order valence-electron chi connectivity index (χ3n) is 1.64. The summed E-state index contributed by atoms with van der Waals surface area (Å²) < 4.78 is 1.01. The molecule has 0 bridgehead atoms. The van der Waals surface area contributed by atoms with Crippen LogP contribution >= 0.6 is 22.6 Å². The Morgan fingerprint density at radius 3 is 2.57 bits per heavy atom. The van der Waals surface area contributed by atoms with Crippen LogP contribution < -0.4 is 5.32 Å². The lowest BCUT2D eigenvalue weighted by Gasteiger charge is -2.17. The molecule has 0 aromatic carbocycles. The molecule has 1 amide bonds. The van der Waals surface area contributed by atoms with Gasteiger partial charge in [0.1, 0.15) is 0 Å². The van der Waals surface area contributed by atoms with Gasteiger partial charge in [0, 0.05) is 15.2 Å². The molecule has 1 N–H and O–H groups in total. The molecule has 0 aliphatic heterocycles. The Morgan fingerprint density at radius 2 is 2.07 bits per heavy atom. The van der Waals surface area contributed by atoms with Crippen molar-refractivity contribution in [2.45, 2.75) is 20.8 Å². The Hall–Kier alpha value is -0.650. The normalized spacial score (nSPS) is 11.1. The maximum Gasteiger partial charge on any atom is 0.229 e. The van der Waals surface area contributed by atoms with E-state index in [1.807, 2.05) is 26.8 Å². The minimum atomic E-state index is -0.374. The molecule has 3 nitrogen and oxygen atoms in total. The smallest absolute Gasteiger partial charge is 0.229 e. The Morgan fingerprint density at radius 1 is 1.43 bits per heavy atom. The fraction of sp³-hybridized carbons (Fsp3) is 0.400. The van der Waals surface area contributed by atoms with Crippen LogP contribution in [0.4, 0.5) is 5.69 Å². The first-order valence-electron chi connectivity index (χ1n) is 4.31. The van der Waals surface area contributed by atoms with Gasteiger partial charge in [0.25, 0.3) is 0 Å². The molecule has 0 unspecified atom stereocenters. The van der Waals surface area contributed by atoms with Gasteiger partial charge >= 0.3 is 0 Å². The van der Waals surface area contributed by atoms with Crippen LogP contribution in [0.2, 0.25) is 0 Å². The summed E-state index contributed by atoms with van der Waals surface area (Å²) in [5.74, 6) is 0.00120. The largest absolute Gasteiger partial charge is 0.324 e. The standard InChI is InChI=1S/C10H13IN2O/c1-10(2,3)9(14)13-8-4-7(11)5-12-6-8/h4-6H,1-3H3,(H,13,14). The van der Waals surface area contributed by atoms with E-state index in [1.54, 1.807) is 12.4 Å². The zero-order valence-corrected chi connectivity index (χ0v) is 10.6. The fourth-order valence-corrected chi connectivity index (χ4v) is 1.30. The zero-order valence-electron chi connectivity index (χ0n) is 8.47. The van der Waals surface area contributed by atoms with Gasteiger partial charge in [-0.3, -0.25) is 9.78 Å². The van der Waals surface area contributed by atoms with Crippen molar-refractivity contribution < 1.29 is 4.79 Å². The molecule has 0 radical (unpaired) electrons. The van der Waals surface area contributed by atoms with Crippen LogP contribution in [0.1, 0.15) is 20.8 Å². The number of rotatable bonds is 1. The molecule has 0 spiro atoms. The highest BCUT2D eigenvalue weighted by Crippen LogP contribution is 2.17. The lowest BCUT2D eigenvalue weighted by Crippen LogP contribution is -2.27. The molecule has 76 valence electrons. The molecule has 4 heteroatoms. The van der Waals surface area contributed by atoms with Crippen molar-refractivity contribution in [2.24, 2.45) is 5.41 Å². The number of aromatic nitrogens is 1. The molecule has 14 heavy (non-hydrogen) atoms. The van der Waals surface area contributed by atoms with Crippen LogP contribution in [0.15, 0.2) is 18.5 Å². The van der Waals surface area contributed by atoms with Gasteiger partial charge in [-0.25, -0.2) is 0 Å². The number of hydrogen-bond acceptors (Lipinski definition) is 2. The van der Waals surface area contributed by atoms with Crippen molar-refractivity contribution in [1.82, 2.24) is 4.98 Å². The second kappa shape index (κ2) is 4.25. The number of amides is 1. The van der Waals surface area contributed by atoms with Gasteiger partial charge in [-0.2, -0.15) is 0 Å². The highest BCUT2D eigenvalue weighted by Gasteiger charge is 2.21. The summed E-state index contributed by atoms with van der Waals surface area (Å²) in [6, 6.07) is 1.89. The molecule has 0 atom stereocenters. The number of carbonyl (C=O) groups excluding carboxylic acids is 1. The zero-order chi connectivity index (χ0) is 10.8. The predicted molar refractivity (Wildman–Crippen MR) is 65.0 cm³/mol. The first kappa shape index (κ1) is 11.4. The van der Waals surface area contributed by atoms with Gasteiger partial charge < -0.3 is 5.32 Å². The van der Waals surface area contributed by atoms with Crippen LogP contribution in [0.25, 0.3) is 0 Å². The van der Waals surface area contributed by atoms with E-state index in [-0.39, 0.29) is 11.3 Å². The minimum absolute atomic E-state index is 0.00120.